The number of halogens is 2. The second-order valence-electron chi connectivity index (χ2n) is 4.70. The highest BCUT2D eigenvalue weighted by atomic mass is 79.9. The number of benzene rings is 2. The van der Waals surface area contributed by atoms with Gasteiger partial charge in [-0.05, 0) is 42.5 Å². The van der Waals surface area contributed by atoms with Crippen LogP contribution in [-0.2, 0) is 14.4 Å². The van der Waals surface area contributed by atoms with E-state index >= 15 is 0 Å². The molecule has 0 radical (unpaired) electrons. The third kappa shape index (κ3) is 5.68. The molecule has 2 aromatic carbocycles. The zero-order valence-electron chi connectivity index (χ0n) is 12.3. The van der Waals surface area contributed by atoms with Crippen molar-refractivity contribution in [3.8, 4) is 0 Å². The molecule has 0 saturated heterocycles. The van der Waals surface area contributed by atoms with Crippen LogP contribution >= 0.6 is 27.5 Å². The average Bonchev–Trinajstić information content (AvgIpc) is 2.54. The Bertz CT molecular complexity index is 765. The highest BCUT2D eigenvalue weighted by Gasteiger charge is 2.15. The molecule has 2 rings (SSSR count). The number of hydrogen-bond donors (Lipinski definition) is 3. The van der Waals surface area contributed by atoms with E-state index in [0.29, 0.717) is 16.4 Å². The van der Waals surface area contributed by atoms with Gasteiger partial charge in [0, 0.05) is 20.9 Å². The molecular weight excluding hydrogens is 398 g/mol. The molecular formula is C16H13BrClN3O3. The van der Waals surface area contributed by atoms with Gasteiger partial charge in [0.15, 0.2) is 0 Å². The van der Waals surface area contributed by atoms with Crippen LogP contribution in [0.5, 0.6) is 0 Å². The quantitative estimate of drug-likeness (QED) is 0.677. The lowest BCUT2D eigenvalue weighted by Gasteiger charge is -2.08. The summed E-state index contributed by atoms with van der Waals surface area (Å²) in [4.78, 5) is 35.2. The molecule has 0 aromatic heterocycles. The molecule has 3 N–H and O–H groups in total. The van der Waals surface area contributed by atoms with Gasteiger partial charge in [-0.3, -0.25) is 14.4 Å². The predicted molar refractivity (Wildman–Crippen MR) is 95.9 cm³/mol. The largest absolute Gasteiger partial charge is 0.339 e. The molecule has 0 spiro atoms. The number of carbonyl (C=O) groups excluding carboxylic acids is 3. The van der Waals surface area contributed by atoms with Gasteiger partial charge in [-0.2, -0.15) is 0 Å². The Morgan fingerprint density at radius 2 is 1.62 bits per heavy atom. The van der Waals surface area contributed by atoms with Gasteiger partial charge in [0.25, 0.3) is 0 Å². The molecule has 0 heterocycles. The molecule has 0 saturated carbocycles. The summed E-state index contributed by atoms with van der Waals surface area (Å²) >= 11 is 9.08. The summed E-state index contributed by atoms with van der Waals surface area (Å²) in [6.07, 6.45) is 0. The van der Waals surface area contributed by atoms with Gasteiger partial charge in [0.05, 0.1) is 6.54 Å². The van der Waals surface area contributed by atoms with E-state index in [-0.39, 0.29) is 6.54 Å². The van der Waals surface area contributed by atoms with Gasteiger partial charge >= 0.3 is 11.8 Å². The molecule has 0 aliphatic heterocycles. The van der Waals surface area contributed by atoms with E-state index in [1.807, 2.05) is 0 Å². The van der Waals surface area contributed by atoms with Crippen LogP contribution in [0.25, 0.3) is 0 Å². The Morgan fingerprint density at radius 3 is 2.29 bits per heavy atom. The molecule has 0 fully saturated rings. The van der Waals surface area contributed by atoms with E-state index in [1.165, 1.54) is 6.07 Å². The van der Waals surface area contributed by atoms with Crippen LogP contribution in [0.2, 0.25) is 5.02 Å². The van der Waals surface area contributed by atoms with Crippen LogP contribution in [0, 0.1) is 0 Å². The SMILES string of the molecule is O=C(CNC(=O)C(=O)Nc1cccc(Cl)c1)Nc1ccc(Br)cc1. The number of amides is 3. The Morgan fingerprint density at radius 1 is 0.917 bits per heavy atom. The summed E-state index contributed by atoms with van der Waals surface area (Å²) < 4.78 is 0.881. The number of nitrogens with one attached hydrogen (secondary N) is 3. The van der Waals surface area contributed by atoms with Gasteiger partial charge in [-0.15, -0.1) is 0 Å². The summed E-state index contributed by atoms with van der Waals surface area (Å²) in [5.41, 5.74) is 0.975. The zero-order chi connectivity index (χ0) is 17.5. The molecule has 8 heteroatoms. The maximum atomic E-state index is 11.7. The number of hydrogen-bond acceptors (Lipinski definition) is 3. The van der Waals surface area contributed by atoms with E-state index < -0.39 is 17.7 Å². The van der Waals surface area contributed by atoms with Crippen molar-refractivity contribution in [2.45, 2.75) is 0 Å². The van der Waals surface area contributed by atoms with Crippen molar-refractivity contribution in [2.75, 3.05) is 17.2 Å². The standard InChI is InChI=1S/C16H13BrClN3O3/c17-10-4-6-12(7-5-10)20-14(22)9-19-15(23)16(24)21-13-3-1-2-11(18)8-13/h1-8H,9H2,(H,19,23)(H,20,22)(H,21,24). The van der Waals surface area contributed by atoms with Gasteiger partial charge < -0.3 is 16.0 Å². The van der Waals surface area contributed by atoms with Crippen molar-refractivity contribution < 1.29 is 14.4 Å². The van der Waals surface area contributed by atoms with Crippen molar-refractivity contribution in [1.82, 2.24) is 5.32 Å². The molecule has 3 amide bonds. The summed E-state index contributed by atoms with van der Waals surface area (Å²) in [7, 11) is 0. The maximum absolute atomic E-state index is 11.7. The smallest absolute Gasteiger partial charge is 0.313 e. The summed E-state index contributed by atoms with van der Waals surface area (Å²) in [5, 5.41) is 7.66. The third-order valence-corrected chi connectivity index (χ3v) is 3.59. The topological polar surface area (TPSA) is 87.3 Å². The summed E-state index contributed by atoms with van der Waals surface area (Å²) in [6.45, 7) is -0.322. The maximum Gasteiger partial charge on any atom is 0.313 e. The zero-order valence-corrected chi connectivity index (χ0v) is 14.6. The summed E-state index contributed by atoms with van der Waals surface area (Å²) in [5.74, 6) is -2.24. The van der Waals surface area contributed by atoms with Gasteiger partial charge in [0.2, 0.25) is 5.91 Å². The molecule has 6 nitrogen and oxygen atoms in total. The number of carbonyl (C=O) groups is 3. The van der Waals surface area contributed by atoms with Crippen molar-refractivity contribution >= 4 is 56.6 Å². The van der Waals surface area contributed by atoms with Crippen molar-refractivity contribution in [2.24, 2.45) is 0 Å². The Kier molecular flexibility index (Phi) is 6.34. The fraction of sp³-hybridized carbons (Fsp3) is 0.0625. The Hall–Kier alpha value is -2.38. The lowest BCUT2D eigenvalue weighted by Crippen LogP contribution is -2.39. The highest BCUT2D eigenvalue weighted by Crippen LogP contribution is 2.15. The lowest BCUT2D eigenvalue weighted by atomic mass is 10.3. The van der Waals surface area contributed by atoms with E-state index in [2.05, 4.69) is 31.9 Å². The first-order valence-corrected chi connectivity index (χ1v) is 8.01. The molecule has 0 bridgehead atoms. The molecule has 0 unspecified atom stereocenters. The molecule has 0 aliphatic carbocycles. The van der Waals surface area contributed by atoms with Crippen LogP contribution in [0.15, 0.2) is 53.0 Å². The van der Waals surface area contributed by atoms with Gasteiger partial charge in [0.1, 0.15) is 0 Å². The van der Waals surface area contributed by atoms with Crippen molar-refractivity contribution in [1.29, 1.82) is 0 Å². The van der Waals surface area contributed by atoms with E-state index in [1.54, 1.807) is 42.5 Å². The first kappa shape index (κ1) is 18.0. The molecule has 2 aromatic rings. The summed E-state index contributed by atoms with van der Waals surface area (Å²) in [6, 6.07) is 13.3. The Labute approximate surface area is 151 Å². The number of rotatable bonds is 4. The van der Waals surface area contributed by atoms with E-state index in [9.17, 15) is 14.4 Å². The molecule has 124 valence electrons. The molecule has 24 heavy (non-hydrogen) atoms. The van der Waals surface area contributed by atoms with Crippen LogP contribution in [0.4, 0.5) is 11.4 Å². The Balaban J connectivity index is 1.80. The third-order valence-electron chi connectivity index (χ3n) is 2.83. The fourth-order valence-corrected chi connectivity index (χ4v) is 2.19. The second kappa shape index (κ2) is 8.47. The van der Waals surface area contributed by atoms with Gasteiger partial charge in [-0.1, -0.05) is 33.6 Å². The van der Waals surface area contributed by atoms with Crippen LogP contribution < -0.4 is 16.0 Å². The van der Waals surface area contributed by atoms with Crippen molar-refractivity contribution in [3.05, 3.63) is 58.0 Å². The van der Waals surface area contributed by atoms with Crippen LogP contribution in [0.1, 0.15) is 0 Å². The average molecular weight is 411 g/mol. The van der Waals surface area contributed by atoms with E-state index in [0.717, 1.165) is 4.47 Å². The molecule has 0 aliphatic rings. The van der Waals surface area contributed by atoms with Crippen LogP contribution in [0.3, 0.4) is 0 Å². The second-order valence-corrected chi connectivity index (χ2v) is 6.05. The minimum absolute atomic E-state index is 0.322. The van der Waals surface area contributed by atoms with Crippen LogP contribution in [-0.4, -0.2) is 24.3 Å². The lowest BCUT2D eigenvalue weighted by molar-refractivity contribution is -0.136. The minimum Gasteiger partial charge on any atom is -0.339 e. The monoisotopic (exact) mass is 409 g/mol. The molecule has 0 atom stereocenters. The van der Waals surface area contributed by atoms with E-state index in [4.69, 9.17) is 11.6 Å². The first-order valence-electron chi connectivity index (χ1n) is 6.84. The van der Waals surface area contributed by atoms with Crippen molar-refractivity contribution in [3.63, 3.8) is 0 Å². The fourth-order valence-electron chi connectivity index (χ4n) is 1.73. The first-order chi connectivity index (χ1) is 11.4. The number of anilines is 2. The predicted octanol–water partition coefficient (Wildman–Crippen LogP) is 2.80. The van der Waals surface area contributed by atoms with Gasteiger partial charge in [-0.25, -0.2) is 0 Å². The highest BCUT2D eigenvalue weighted by molar-refractivity contribution is 9.10. The normalized spacial score (nSPS) is 9.92. The minimum atomic E-state index is -0.916.